The van der Waals surface area contributed by atoms with Crippen LogP contribution in [-0.4, -0.2) is 29.7 Å². The standard InChI is InChI=1S/C28H46O3/c1-20(10-8-16-26(3,4)29)24-14-15-25-22(11-9-17-28(24,25)7)12-13-23-19-31-27(5,6)30-18-21(23)2/h12-13,20,24-25,29H,2,8-11,14-19H2,1,3-7H3/b22-12+,23-13+/t20-,24-,25+,28-/m1/s1. The third-order valence-electron chi connectivity index (χ3n) is 8.29. The highest BCUT2D eigenvalue weighted by Gasteiger charge is 2.50. The zero-order valence-corrected chi connectivity index (χ0v) is 20.9. The molecule has 1 heterocycles. The maximum absolute atomic E-state index is 10.1. The van der Waals surface area contributed by atoms with Gasteiger partial charge >= 0.3 is 0 Å². The summed E-state index contributed by atoms with van der Waals surface area (Å²) in [7, 11) is 0. The van der Waals surface area contributed by atoms with Gasteiger partial charge in [0.2, 0.25) is 0 Å². The molecule has 0 aromatic heterocycles. The number of allylic oxidation sites excluding steroid dienone is 3. The highest BCUT2D eigenvalue weighted by atomic mass is 16.7. The lowest BCUT2D eigenvalue weighted by atomic mass is 9.60. The Morgan fingerprint density at radius 3 is 2.58 bits per heavy atom. The zero-order chi connectivity index (χ0) is 22.9. The summed E-state index contributed by atoms with van der Waals surface area (Å²) in [6.45, 7) is 18.1. The van der Waals surface area contributed by atoms with E-state index in [0.29, 0.717) is 24.5 Å². The lowest BCUT2D eigenvalue weighted by molar-refractivity contribution is -0.195. The number of hydrogen-bond acceptors (Lipinski definition) is 3. The summed E-state index contributed by atoms with van der Waals surface area (Å²) in [5.74, 6) is 1.67. The molecule has 1 N–H and O–H groups in total. The Labute approximate surface area is 191 Å². The molecule has 1 aliphatic heterocycles. The number of aliphatic hydroxyl groups is 1. The molecule has 2 saturated carbocycles. The molecule has 3 nitrogen and oxygen atoms in total. The number of fused-ring (bicyclic) bond motifs is 1. The molecule has 2 aliphatic carbocycles. The molecule has 3 fully saturated rings. The first-order valence-corrected chi connectivity index (χ1v) is 12.5. The Morgan fingerprint density at radius 1 is 1.16 bits per heavy atom. The van der Waals surface area contributed by atoms with Crippen LogP contribution in [0.2, 0.25) is 0 Å². The molecule has 0 aromatic carbocycles. The van der Waals surface area contributed by atoms with Gasteiger partial charge in [-0.1, -0.05) is 51.0 Å². The summed E-state index contributed by atoms with van der Waals surface area (Å²) in [5, 5.41) is 10.1. The van der Waals surface area contributed by atoms with Gasteiger partial charge in [0.25, 0.3) is 0 Å². The Bertz CT molecular complexity index is 708. The van der Waals surface area contributed by atoms with Crippen LogP contribution in [-0.2, 0) is 9.47 Å². The molecule has 0 unspecified atom stereocenters. The predicted octanol–water partition coefficient (Wildman–Crippen LogP) is 6.97. The van der Waals surface area contributed by atoms with E-state index in [0.717, 1.165) is 30.3 Å². The normalized spacial score (nSPS) is 35.3. The Hall–Kier alpha value is -0.900. The van der Waals surface area contributed by atoms with Crippen molar-refractivity contribution < 1.29 is 14.6 Å². The summed E-state index contributed by atoms with van der Waals surface area (Å²) in [6, 6.07) is 0. The maximum atomic E-state index is 10.1. The molecule has 176 valence electrons. The first kappa shape index (κ1) is 24.7. The number of rotatable bonds is 6. The summed E-state index contributed by atoms with van der Waals surface area (Å²) in [6.07, 6.45) is 14.4. The van der Waals surface area contributed by atoms with Gasteiger partial charge < -0.3 is 14.6 Å². The van der Waals surface area contributed by atoms with Crippen LogP contribution in [0.1, 0.15) is 92.9 Å². The average molecular weight is 431 g/mol. The van der Waals surface area contributed by atoms with E-state index >= 15 is 0 Å². The first-order valence-electron chi connectivity index (χ1n) is 12.5. The van der Waals surface area contributed by atoms with E-state index in [1.165, 1.54) is 44.1 Å². The van der Waals surface area contributed by atoms with E-state index in [4.69, 9.17) is 9.47 Å². The van der Waals surface area contributed by atoms with Crippen molar-refractivity contribution in [3.63, 3.8) is 0 Å². The van der Waals surface area contributed by atoms with Crippen LogP contribution in [0.15, 0.2) is 35.5 Å². The van der Waals surface area contributed by atoms with E-state index in [9.17, 15) is 5.11 Å². The van der Waals surface area contributed by atoms with Gasteiger partial charge in [-0.3, -0.25) is 0 Å². The second kappa shape index (κ2) is 9.53. The first-order chi connectivity index (χ1) is 14.4. The fourth-order valence-corrected chi connectivity index (χ4v) is 6.39. The van der Waals surface area contributed by atoms with Crippen LogP contribution in [0, 0.1) is 23.2 Å². The van der Waals surface area contributed by atoms with Crippen molar-refractivity contribution in [2.24, 2.45) is 23.2 Å². The lowest BCUT2D eigenvalue weighted by Gasteiger charge is -2.44. The van der Waals surface area contributed by atoms with Crippen molar-refractivity contribution in [2.75, 3.05) is 13.2 Å². The molecular formula is C28H46O3. The van der Waals surface area contributed by atoms with Crippen LogP contribution in [0.5, 0.6) is 0 Å². The Morgan fingerprint density at radius 2 is 1.87 bits per heavy atom. The van der Waals surface area contributed by atoms with Gasteiger partial charge in [-0.2, -0.15) is 0 Å². The summed E-state index contributed by atoms with van der Waals surface area (Å²) >= 11 is 0. The lowest BCUT2D eigenvalue weighted by Crippen LogP contribution is -2.36. The van der Waals surface area contributed by atoms with Crippen molar-refractivity contribution in [3.8, 4) is 0 Å². The Balaban J connectivity index is 1.69. The highest BCUT2D eigenvalue weighted by molar-refractivity contribution is 5.35. The van der Waals surface area contributed by atoms with E-state index < -0.39 is 11.4 Å². The largest absolute Gasteiger partial charge is 0.390 e. The van der Waals surface area contributed by atoms with Gasteiger partial charge in [0, 0.05) is 0 Å². The maximum Gasteiger partial charge on any atom is 0.163 e. The minimum absolute atomic E-state index is 0.415. The molecule has 0 spiro atoms. The van der Waals surface area contributed by atoms with E-state index in [2.05, 4.69) is 32.6 Å². The van der Waals surface area contributed by atoms with Gasteiger partial charge in [-0.15, -0.1) is 0 Å². The van der Waals surface area contributed by atoms with E-state index in [-0.39, 0.29) is 0 Å². The van der Waals surface area contributed by atoms with Gasteiger partial charge in [0.1, 0.15) is 0 Å². The topological polar surface area (TPSA) is 38.7 Å². The van der Waals surface area contributed by atoms with Gasteiger partial charge in [0.05, 0.1) is 18.8 Å². The molecule has 3 rings (SSSR count). The SMILES string of the molecule is C=C1COC(C)(C)OC/C1=C\C=C1/CCC[C@]2(C)[C@@H]([C@H](C)CCCC(C)(C)O)CC[C@@H]12. The van der Waals surface area contributed by atoms with Gasteiger partial charge in [-0.05, 0) is 101 Å². The fraction of sp³-hybridized carbons (Fsp3) is 0.786. The van der Waals surface area contributed by atoms with Crippen LogP contribution in [0.3, 0.4) is 0 Å². The van der Waals surface area contributed by atoms with E-state index in [1.54, 1.807) is 5.57 Å². The second-order valence-electron chi connectivity index (χ2n) is 11.8. The quantitative estimate of drug-likeness (QED) is 0.494. The molecule has 4 atom stereocenters. The molecule has 31 heavy (non-hydrogen) atoms. The van der Waals surface area contributed by atoms with E-state index in [1.807, 2.05) is 27.7 Å². The summed E-state index contributed by atoms with van der Waals surface area (Å²) in [5.41, 5.74) is 3.70. The van der Waals surface area contributed by atoms with Crippen molar-refractivity contribution in [2.45, 2.75) is 104 Å². The summed E-state index contributed by atoms with van der Waals surface area (Å²) in [4.78, 5) is 0. The smallest absolute Gasteiger partial charge is 0.163 e. The molecule has 0 aromatic rings. The highest BCUT2D eigenvalue weighted by Crippen LogP contribution is 2.59. The van der Waals surface area contributed by atoms with Crippen LogP contribution < -0.4 is 0 Å². The number of hydrogen-bond donors (Lipinski definition) is 1. The molecule has 0 radical (unpaired) electrons. The van der Waals surface area contributed by atoms with Crippen molar-refractivity contribution in [3.05, 3.63) is 35.5 Å². The third kappa shape index (κ3) is 6.12. The molecule has 1 saturated heterocycles. The minimum Gasteiger partial charge on any atom is -0.390 e. The predicted molar refractivity (Wildman–Crippen MR) is 129 cm³/mol. The van der Waals surface area contributed by atoms with Crippen molar-refractivity contribution >= 4 is 0 Å². The van der Waals surface area contributed by atoms with Crippen molar-refractivity contribution in [1.29, 1.82) is 0 Å². The third-order valence-corrected chi connectivity index (χ3v) is 8.29. The molecule has 0 amide bonds. The van der Waals surface area contributed by atoms with Gasteiger partial charge in [-0.25, -0.2) is 0 Å². The molecular weight excluding hydrogens is 384 g/mol. The number of ether oxygens (including phenoxy) is 2. The van der Waals surface area contributed by atoms with Gasteiger partial charge in [0.15, 0.2) is 5.79 Å². The van der Waals surface area contributed by atoms with Crippen LogP contribution >= 0.6 is 0 Å². The summed E-state index contributed by atoms with van der Waals surface area (Å²) < 4.78 is 11.7. The molecule has 3 heteroatoms. The monoisotopic (exact) mass is 430 g/mol. The Kier molecular flexibility index (Phi) is 7.61. The average Bonchev–Trinajstić information content (AvgIpc) is 2.96. The second-order valence-corrected chi connectivity index (χ2v) is 11.8. The fourth-order valence-electron chi connectivity index (χ4n) is 6.39. The zero-order valence-electron chi connectivity index (χ0n) is 20.9. The molecule has 3 aliphatic rings. The van der Waals surface area contributed by atoms with Crippen LogP contribution in [0.25, 0.3) is 0 Å². The molecule has 0 bridgehead atoms. The minimum atomic E-state index is -0.546. The van der Waals surface area contributed by atoms with Crippen molar-refractivity contribution in [1.82, 2.24) is 0 Å². The van der Waals surface area contributed by atoms with Crippen LogP contribution in [0.4, 0.5) is 0 Å².